The summed E-state index contributed by atoms with van der Waals surface area (Å²) in [5.41, 5.74) is 0.433. The van der Waals surface area contributed by atoms with Gasteiger partial charge in [0.15, 0.2) is 5.96 Å². The second-order valence-corrected chi connectivity index (χ2v) is 6.66. The van der Waals surface area contributed by atoms with Crippen LogP contribution in [0.4, 0.5) is 0 Å². The van der Waals surface area contributed by atoms with Gasteiger partial charge in [-0.1, -0.05) is 26.2 Å². The summed E-state index contributed by atoms with van der Waals surface area (Å²) in [4.78, 5) is 4.40. The third-order valence-corrected chi connectivity index (χ3v) is 5.62. The molecule has 2 N–H and O–H groups in total. The van der Waals surface area contributed by atoms with Gasteiger partial charge in [-0.2, -0.15) is 0 Å². The number of halogens is 1. The van der Waals surface area contributed by atoms with Gasteiger partial charge >= 0.3 is 0 Å². The minimum atomic E-state index is 0. The first-order valence-electron chi connectivity index (χ1n) is 8.40. The van der Waals surface area contributed by atoms with E-state index in [9.17, 15) is 0 Å². The molecule has 4 nitrogen and oxygen atoms in total. The molecule has 1 aliphatic heterocycles. The lowest BCUT2D eigenvalue weighted by Crippen LogP contribution is -2.72. The van der Waals surface area contributed by atoms with E-state index in [0.717, 1.165) is 19.1 Å². The highest BCUT2D eigenvalue weighted by molar-refractivity contribution is 14.0. The smallest absolute Gasteiger partial charge is 0.191 e. The summed E-state index contributed by atoms with van der Waals surface area (Å²) in [5, 5.41) is 7.17. The standard InChI is InChI=1S/C16H29N3O.HI/c1-3-4-5-10-18-15(17-2)19-13-12-7-11-20-14(12)16(13)8-6-9-16;/h12-14H,3-11H2,1-2H3,(H2,17,18,19);1H. The van der Waals surface area contributed by atoms with Gasteiger partial charge in [-0.05, 0) is 25.7 Å². The molecule has 1 spiro atoms. The van der Waals surface area contributed by atoms with E-state index in [1.807, 2.05) is 7.05 Å². The van der Waals surface area contributed by atoms with Crippen molar-refractivity contribution in [2.45, 2.75) is 64.0 Å². The second-order valence-electron chi connectivity index (χ2n) is 6.66. The molecule has 0 aromatic rings. The van der Waals surface area contributed by atoms with Crippen LogP contribution in [0, 0.1) is 11.3 Å². The largest absolute Gasteiger partial charge is 0.377 e. The average molecular weight is 407 g/mol. The van der Waals surface area contributed by atoms with Crippen molar-refractivity contribution in [3.63, 3.8) is 0 Å². The zero-order valence-corrected chi connectivity index (χ0v) is 15.7. The van der Waals surface area contributed by atoms with Crippen LogP contribution in [0.15, 0.2) is 4.99 Å². The molecule has 3 fully saturated rings. The highest BCUT2D eigenvalue weighted by Crippen LogP contribution is 2.62. The number of ether oxygens (including phenoxy) is 1. The Kier molecular flexibility index (Phi) is 6.17. The minimum Gasteiger partial charge on any atom is -0.377 e. The van der Waals surface area contributed by atoms with E-state index in [-0.39, 0.29) is 24.0 Å². The molecule has 0 amide bonds. The SMILES string of the molecule is CCCCCNC(=NC)NC1C2CCOC2C12CCC2.I. The van der Waals surface area contributed by atoms with Crippen molar-refractivity contribution in [1.29, 1.82) is 0 Å². The van der Waals surface area contributed by atoms with E-state index >= 15 is 0 Å². The Morgan fingerprint density at radius 1 is 1.33 bits per heavy atom. The number of nitrogens with zero attached hydrogens (tertiary/aromatic N) is 1. The number of rotatable bonds is 5. The first kappa shape index (κ1) is 17.3. The van der Waals surface area contributed by atoms with Crippen molar-refractivity contribution in [2.24, 2.45) is 16.3 Å². The van der Waals surface area contributed by atoms with Crippen molar-refractivity contribution < 1.29 is 4.74 Å². The predicted octanol–water partition coefficient (Wildman–Crippen LogP) is 2.92. The Balaban J connectivity index is 0.00000161. The molecule has 3 unspecified atom stereocenters. The Bertz CT molecular complexity index is 371. The van der Waals surface area contributed by atoms with Gasteiger partial charge in [0, 0.05) is 37.6 Å². The Morgan fingerprint density at radius 2 is 2.14 bits per heavy atom. The van der Waals surface area contributed by atoms with E-state index in [0.29, 0.717) is 23.5 Å². The molecule has 0 radical (unpaired) electrons. The molecule has 122 valence electrons. The summed E-state index contributed by atoms with van der Waals surface area (Å²) in [5.74, 6) is 1.70. The van der Waals surface area contributed by atoms with Crippen LogP contribution in [0.2, 0.25) is 0 Å². The van der Waals surface area contributed by atoms with Gasteiger partial charge in [0.25, 0.3) is 0 Å². The van der Waals surface area contributed by atoms with Gasteiger partial charge < -0.3 is 15.4 Å². The van der Waals surface area contributed by atoms with Gasteiger partial charge in [-0.3, -0.25) is 4.99 Å². The van der Waals surface area contributed by atoms with Crippen molar-refractivity contribution >= 4 is 29.9 Å². The summed E-state index contributed by atoms with van der Waals surface area (Å²) in [6.45, 7) is 4.22. The molecule has 5 heteroatoms. The van der Waals surface area contributed by atoms with E-state index in [1.54, 1.807) is 0 Å². The van der Waals surface area contributed by atoms with Crippen LogP contribution in [0.5, 0.6) is 0 Å². The lowest BCUT2D eigenvalue weighted by molar-refractivity contribution is -0.171. The van der Waals surface area contributed by atoms with E-state index in [1.165, 1.54) is 44.9 Å². The summed E-state index contributed by atoms with van der Waals surface area (Å²) in [6, 6.07) is 0.584. The van der Waals surface area contributed by atoms with Gasteiger partial charge in [0.1, 0.15) is 0 Å². The van der Waals surface area contributed by atoms with Crippen molar-refractivity contribution in [1.82, 2.24) is 10.6 Å². The maximum absolute atomic E-state index is 5.97. The fourth-order valence-corrected chi connectivity index (χ4v) is 4.38. The molecule has 2 aliphatic carbocycles. The summed E-state index contributed by atoms with van der Waals surface area (Å²) >= 11 is 0. The molecule has 1 heterocycles. The Morgan fingerprint density at radius 3 is 2.76 bits per heavy atom. The van der Waals surface area contributed by atoms with Crippen LogP contribution >= 0.6 is 24.0 Å². The topological polar surface area (TPSA) is 45.7 Å². The van der Waals surface area contributed by atoms with Gasteiger partial charge in [-0.25, -0.2) is 0 Å². The molecular formula is C16H30IN3O. The normalized spacial score (nSPS) is 32.7. The molecule has 0 aromatic carbocycles. The van der Waals surface area contributed by atoms with Gasteiger partial charge in [0.05, 0.1) is 6.10 Å². The monoisotopic (exact) mass is 407 g/mol. The molecule has 2 saturated carbocycles. The molecule has 21 heavy (non-hydrogen) atoms. The highest BCUT2D eigenvalue weighted by Gasteiger charge is 2.66. The fourth-order valence-electron chi connectivity index (χ4n) is 4.38. The zero-order chi connectivity index (χ0) is 14.0. The lowest BCUT2D eigenvalue weighted by Gasteiger charge is -2.63. The van der Waals surface area contributed by atoms with E-state index in [4.69, 9.17) is 4.74 Å². The molecular weight excluding hydrogens is 377 g/mol. The lowest BCUT2D eigenvalue weighted by atomic mass is 9.46. The van der Waals surface area contributed by atoms with E-state index < -0.39 is 0 Å². The zero-order valence-electron chi connectivity index (χ0n) is 13.4. The number of unbranched alkanes of at least 4 members (excludes halogenated alkanes) is 2. The quantitative estimate of drug-likeness (QED) is 0.319. The maximum Gasteiger partial charge on any atom is 0.191 e. The van der Waals surface area contributed by atoms with Crippen LogP contribution in [0.1, 0.15) is 51.9 Å². The third-order valence-electron chi connectivity index (χ3n) is 5.62. The average Bonchev–Trinajstić information content (AvgIpc) is 2.81. The maximum atomic E-state index is 5.97. The minimum absolute atomic E-state index is 0. The molecule has 1 saturated heterocycles. The first-order chi connectivity index (χ1) is 9.81. The molecule has 3 rings (SSSR count). The number of hydrogen-bond donors (Lipinski definition) is 2. The van der Waals surface area contributed by atoms with Crippen molar-refractivity contribution in [3.05, 3.63) is 0 Å². The van der Waals surface area contributed by atoms with E-state index in [2.05, 4.69) is 22.5 Å². The predicted molar refractivity (Wildman–Crippen MR) is 97.4 cm³/mol. The summed E-state index contributed by atoms with van der Waals surface area (Å²) in [7, 11) is 1.88. The number of aliphatic imine (C=N–C) groups is 1. The van der Waals surface area contributed by atoms with Gasteiger partial charge in [-0.15, -0.1) is 24.0 Å². The van der Waals surface area contributed by atoms with Crippen molar-refractivity contribution in [2.75, 3.05) is 20.2 Å². The van der Waals surface area contributed by atoms with Crippen molar-refractivity contribution in [3.8, 4) is 0 Å². The van der Waals surface area contributed by atoms with Gasteiger partial charge in [0.2, 0.25) is 0 Å². The number of nitrogens with one attached hydrogen (secondary N) is 2. The third kappa shape index (κ3) is 3.05. The first-order valence-corrected chi connectivity index (χ1v) is 8.40. The van der Waals surface area contributed by atoms with Crippen LogP contribution in [-0.4, -0.2) is 38.3 Å². The number of guanidine groups is 1. The molecule has 3 aliphatic rings. The summed E-state index contributed by atoms with van der Waals surface area (Å²) < 4.78 is 5.97. The van der Waals surface area contributed by atoms with Crippen LogP contribution in [0.3, 0.4) is 0 Å². The molecule has 3 atom stereocenters. The van der Waals surface area contributed by atoms with Crippen LogP contribution < -0.4 is 10.6 Å². The number of fused-ring (bicyclic) bond motifs is 2. The summed E-state index contributed by atoms with van der Waals surface area (Å²) in [6.07, 6.45) is 9.56. The molecule has 0 bridgehead atoms. The molecule has 0 aromatic heterocycles. The fraction of sp³-hybridized carbons (Fsp3) is 0.938. The van der Waals surface area contributed by atoms with Crippen LogP contribution in [-0.2, 0) is 4.74 Å². The second kappa shape index (κ2) is 7.49. The highest BCUT2D eigenvalue weighted by atomic mass is 127. The number of hydrogen-bond acceptors (Lipinski definition) is 2. The Labute approximate surface area is 145 Å². The Hall–Kier alpha value is -0.0400. The van der Waals surface area contributed by atoms with Crippen LogP contribution in [0.25, 0.3) is 0 Å².